The Morgan fingerprint density at radius 3 is 2.71 bits per heavy atom. The lowest BCUT2D eigenvalue weighted by Gasteiger charge is -2.09. The number of phenolic OH excluding ortho intramolecular Hbond substituents is 1. The first-order chi connectivity index (χ1) is 10.1. The van der Waals surface area contributed by atoms with Crippen LogP contribution >= 0.6 is 0 Å². The summed E-state index contributed by atoms with van der Waals surface area (Å²) in [4.78, 5) is 4.60. The van der Waals surface area contributed by atoms with E-state index < -0.39 is 0 Å². The van der Waals surface area contributed by atoms with Crippen LogP contribution in [0, 0.1) is 12.7 Å². The molecule has 3 nitrogen and oxygen atoms in total. The number of phenols is 1. The monoisotopic (exact) mass is 284 g/mol. The molecule has 0 atom stereocenters. The van der Waals surface area contributed by atoms with Crippen LogP contribution in [-0.4, -0.2) is 14.7 Å². The summed E-state index contributed by atoms with van der Waals surface area (Å²) in [5.74, 6) is 0.736. The number of aromatic nitrogens is 2. The van der Waals surface area contributed by atoms with Gasteiger partial charge in [-0.05, 0) is 43.2 Å². The molecule has 1 N–H and O–H groups in total. The van der Waals surface area contributed by atoms with E-state index in [1.165, 1.54) is 12.1 Å². The standard InChI is InChI=1S/C17H17FN2O/c1-3-8-20-15-10-13(18)6-7-14(15)19-17(20)12-5-4-11(2)16(21)9-12/h4-7,9-10,21H,3,8H2,1-2H3. The van der Waals surface area contributed by atoms with Crippen LogP contribution in [0.3, 0.4) is 0 Å². The third kappa shape index (κ3) is 2.37. The highest BCUT2D eigenvalue weighted by atomic mass is 19.1. The van der Waals surface area contributed by atoms with Crippen LogP contribution in [0.1, 0.15) is 18.9 Å². The number of hydrogen-bond donors (Lipinski definition) is 1. The third-order valence-corrected chi connectivity index (χ3v) is 3.62. The summed E-state index contributed by atoms with van der Waals surface area (Å²) in [6, 6.07) is 10.1. The van der Waals surface area contributed by atoms with Crippen molar-refractivity contribution in [3.63, 3.8) is 0 Å². The smallest absolute Gasteiger partial charge is 0.141 e. The second-order valence-electron chi connectivity index (χ2n) is 5.22. The molecule has 0 aliphatic heterocycles. The summed E-state index contributed by atoms with van der Waals surface area (Å²) >= 11 is 0. The van der Waals surface area contributed by atoms with Crippen LogP contribution in [0.25, 0.3) is 22.4 Å². The van der Waals surface area contributed by atoms with E-state index in [4.69, 9.17) is 0 Å². The Bertz CT molecular complexity index is 808. The lowest BCUT2D eigenvalue weighted by molar-refractivity contribution is 0.471. The van der Waals surface area contributed by atoms with Crippen LogP contribution in [-0.2, 0) is 6.54 Å². The molecule has 0 radical (unpaired) electrons. The number of halogens is 1. The molecule has 0 aliphatic carbocycles. The van der Waals surface area contributed by atoms with Crippen LogP contribution in [0.15, 0.2) is 36.4 Å². The minimum Gasteiger partial charge on any atom is -0.508 e. The van der Waals surface area contributed by atoms with E-state index in [1.54, 1.807) is 12.1 Å². The summed E-state index contributed by atoms with van der Waals surface area (Å²) in [5.41, 5.74) is 3.21. The van der Waals surface area contributed by atoms with E-state index in [0.717, 1.165) is 41.0 Å². The molecule has 0 unspecified atom stereocenters. The molecule has 0 bridgehead atoms. The average Bonchev–Trinajstić information content (AvgIpc) is 2.81. The van der Waals surface area contributed by atoms with Crippen LogP contribution in [0.4, 0.5) is 4.39 Å². The second kappa shape index (κ2) is 5.20. The molecular weight excluding hydrogens is 267 g/mol. The fraction of sp³-hybridized carbons (Fsp3) is 0.235. The molecule has 0 aliphatic rings. The molecule has 0 saturated carbocycles. The first-order valence-electron chi connectivity index (χ1n) is 7.06. The van der Waals surface area contributed by atoms with Crippen molar-refractivity contribution in [1.29, 1.82) is 0 Å². The molecule has 0 fully saturated rings. The van der Waals surface area contributed by atoms with Crippen LogP contribution in [0.5, 0.6) is 5.75 Å². The van der Waals surface area contributed by atoms with Crippen molar-refractivity contribution >= 4 is 11.0 Å². The van der Waals surface area contributed by atoms with Crippen molar-refractivity contribution in [3.8, 4) is 17.1 Å². The quantitative estimate of drug-likeness (QED) is 0.780. The summed E-state index contributed by atoms with van der Waals surface area (Å²) < 4.78 is 15.5. The Morgan fingerprint density at radius 2 is 2.00 bits per heavy atom. The van der Waals surface area contributed by atoms with Gasteiger partial charge < -0.3 is 9.67 Å². The Hall–Kier alpha value is -2.36. The molecule has 1 heterocycles. The Morgan fingerprint density at radius 1 is 1.19 bits per heavy atom. The van der Waals surface area contributed by atoms with Gasteiger partial charge in [0.15, 0.2) is 0 Å². The van der Waals surface area contributed by atoms with Crippen molar-refractivity contribution in [3.05, 3.63) is 47.8 Å². The highest BCUT2D eigenvalue weighted by molar-refractivity contribution is 5.81. The van der Waals surface area contributed by atoms with Gasteiger partial charge in [-0.2, -0.15) is 0 Å². The van der Waals surface area contributed by atoms with Gasteiger partial charge in [-0.3, -0.25) is 0 Å². The predicted molar refractivity (Wildman–Crippen MR) is 81.8 cm³/mol. The fourth-order valence-corrected chi connectivity index (χ4v) is 2.51. The molecule has 2 aromatic carbocycles. The lowest BCUT2D eigenvalue weighted by Crippen LogP contribution is -2.00. The zero-order valence-corrected chi connectivity index (χ0v) is 12.1. The van der Waals surface area contributed by atoms with Gasteiger partial charge in [0.2, 0.25) is 0 Å². The largest absolute Gasteiger partial charge is 0.508 e. The molecule has 0 amide bonds. The molecule has 1 aromatic heterocycles. The molecule has 21 heavy (non-hydrogen) atoms. The number of nitrogens with zero attached hydrogens (tertiary/aromatic N) is 2. The molecule has 0 spiro atoms. The number of aromatic hydroxyl groups is 1. The van der Waals surface area contributed by atoms with E-state index in [0.29, 0.717) is 0 Å². The van der Waals surface area contributed by atoms with Gasteiger partial charge in [0.05, 0.1) is 11.0 Å². The minimum absolute atomic E-state index is 0.244. The van der Waals surface area contributed by atoms with E-state index >= 15 is 0 Å². The number of imidazole rings is 1. The van der Waals surface area contributed by atoms with Crippen LogP contribution < -0.4 is 0 Å². The highest BCUT2D eigenvalue weighted by Gasteiger charge is 2.13. The first-order valence-corrected chi connectivity index (χ1v) is 7.06. The van der Waals surface area contributed by atoms with Gasteiger partial charge in [-0.15, -0.1) is 0 Å². The van der Waals surface area contributed by atoms with E-state index in [9.17, 15) is 9.50 Å². The predicted octanol–water partition coefficient (Wildman–Crippen LogP) is 4.27. The lowest BCUT2D eigenvalue weighted by atomic mass is 10.1. The fourth-order valence-electron chi connectivity index (χ4n) is 2.51. The van der Waals surface area contributed by atoms with Crippen LogP contribution in [0.2, 0.25) is 0 Å². The van der Waals surface area contributed by atoms with Gasteiger partial charge in [0.25, 0.3) is 0 Å². The Kier molecular flexibility index (Phi) is 3.37. The zero-order chi connectivity index (χ0) is 15.0. The molecule has 0 saturated heterocycles. The van der Waals surface area contributed by atoms with Gasteiger partial charge in [0.1, 0.15) is 17.4 Å². The van der Waals surface area contributed by atoms with Crippen molar-refractivity contribution in [1.82, 2.24) is 9.55 Å². The summed E-state index contributed by atoms with van der Waals surface area (Å²) in [6.07, 6.45) is 0.923. The number of hydrogen-bond acceptors (Lipinski definition) is 2. The van der Waals surface area contributed by atoms with Gasteiger partial charge in [0, 0.05) is 12.1 Å². The van der Waals surface area contributed by atoms with E-state index in [2.05, 4.69) is 11.9 Å². The second-order valence-corrected chi connectivity index (χ2v) is 5.22. The minimum atomic E-state index is -0.266. The first kappa shape index (κ1) is 13.6. The Labute approximate surface area is 122 Å². The molecule has 4 heteroatoms. The van der Waals surface area contributed by atoms with Crippen molar-refractivity contribution in [2.75, 3.05) is 0 Å². The molecule has 3 rings (SSSR count). The van der Waals surface area contributed by atoms with Gasteiger partial charge in [-0.25, -0.2) is 9.37 Å². The topological polar surface area (TPSA) is 38.0 Å². The molecular formula is C17H17FN2O. The van der Waals surface area contributed by atoms with Crippen molar-refractivity contribution in [2.24, 2.45) is 0 Å². The summed E-state index contributed by atoms with van der Waals surface area (Å²) in [5, 5.41) is 9.90. The SMILES string of the molecule is CCCn1c(-c2ccc(C)c(O)c2)nc2ccc(F)cc21. The van der Waals surface area contributed by atoms with Gasteiger partial charge >= 0.3 is 0 Å². The van der Waals surface area contributed by atoms with Crippen molar-refractivity contribution < 1.29 is 9.50 Å². The summed E-state index contributed by atoms with van der Waals surface area (Å²) in [6.45, 7) is 4.68. The Balaban J connectivity index is 2.25. The third-order valence-electron chi connectivity index (χ3n) is 3.62. The number of rotatable bonds is 3. The maximum Gasteiger partial charge on any atom is 0.141 e. The zero-order valence-electron chi connectivity index (χ0n) is 12.1. The normalized spacial score (nSPS) is 11.2. The van der Waals surface area contributed by atoms with E-state index in [-0.39, 0.29) is 11.6 Å². The number of benzene rings is 2. The van der Waals surface area contributed by atoms with Gasteiger partial charge in [-0.1, -0.05) is 19.1 Å². The van der Waals surface area contributed by atoms with Crippen molar-refractivity contribution in [2.45, 2.75) is 26.8 Å². The maximum atomic E-state index is 13.5. The molecule has 3 aromatic rings. The highest BCUT2D eigenvalue weighted by Crippen LogP contribution is 2.29. The maximum absolute atomic E-state index is 13.5. The molecule has 108 valence electrons. The average molecular weight is 284 g/mol. The number of fused-ring (bicyclic) bond motifs is 1. The summed E-state index contributed by atoms with van der Waals surface area (Å²) in [7, 11) is 0. The number of aryl methyl sites for hydroxylation is 2. The van der Waals surface area contributed by atoms with E-state index in [1.807, 2.05) is 23.6 Å².